The summed E-state index contributed by atoms with van der Waals surface area (Å²) in [4.78, 5) is 4.26. The summed E-state index contributed by atoms with van der Waals surface area (Å²) in [6, 6.07) is 5.64. The Bertz CT molecular complexity index is 516. The summed E-state index contributed by atoms with van der Waals surface area (Å²) < 4.78 is 7.06. The number of nitrogens with two attached hydrogens (primary N) is 1. The van der Waals surface area contributed by atoms with Crippen molar-refractivity contribution in [3.05, 3.63) is 30.2 Å². The smallest absolute Gasteiger partial charge is 0.191 e. The molecule has 2 rings (SSSR count). The van der Waals surface area contributed by atoms with Crippen LogP contribution in [-0.2, 0) is 17.0 Å². The maximum atomic E-state index is 5.65. The molecular formula is C12H17N5OS. The Labute approximate surface area is 116 Å². The number of aromatic nitrogens is 4. The molecule has 2 N–H and O–H groups in total. The number of anilines is 1. The second-order valence-corrected chi connectivity index (χ2v) is 4.94. The van der Waals surface area contributed by atoms with Crippen LogP contribution in [0.2, 0.25) is 0 Å². The highest BCUT2D eigenvalue weighted by atomic mass is 32.2. The van der Waals surface area contributed by atoms with Gasteiger partial charge in [0, 0.05) is 26.0 Å². The first-order chi connectivity index (χ1) is 9.29. The van der Waals surface area contributed by atoms with Gasteiger partial charge in [0.05, 0.1) is 5.69 Å². The van der Waals surface area contributed by atoms with E-state index in [2.05, 4.69) is 15.2 Å². The molecule has 0 atom stereocenters. The predicted molar refractivity (Wildman–Crippen MR) is 74.7 cm³/mol. The number of aryl methyl sites for hydroxylation is 1. The first kappa shape index (κ1) is 13.8. The van der Waals surface area contributed by atoms with E-state index in [0.29, 0.717) is 5.82 Å². The van der Waals surface area contributed by atoms with Crippen LogP contribution in [0.15, 0.2) is 29.7 Å². The van der Waals surface area contributed by atoms with Gasteiger partial charge in [0.2, 0.25) is 0 Å². The van der Waals surface area contributed by atoms with E-state index in [-0.39, 0.29) is 0 Å². The Hall–Kier alpha value is -1.60. The van der Waals surface area contributed by atoms with E-state index in [1.807, 2.05) is 16.7 Å². The highest BCUT2D eigenvalue weighted by molar-refractivity contribution is 7.98. The van der Waals surface area contributed by atoms with Gasteiger partial charge in [-0.1, -0.05) is 17.8 Å². The van der Waals surface area contributed by atoms with Gasteiger partial charge in [0.1, 0.15) is 12.1 Å². The molecule has 2 aromatic rings. The van der Waals surface area contributed by atoms with Crippen LogP contribution in [0.4, 0.5) is 5.82 Å². The van der Waals surface area contributed by atoms with Crippen LogP contribution in [0, 0.1) is 0 Å². The van der Waals surface area contributed by atoms with Crippen molar-refractivity contribution in [1.82, 2.24) is 19.7 Å². The second-order valence-electron chi connectivity index (χ2n) is 4.00. The molecule has 2 heterocycles. The molecule has 0 amide bonds. The molecule has 0 radical (unpaired) electrons. The average molecular weight is 279 g/mol. The molecule has 2 aromatic heterocycles. The van der Waals surface area contributed by atoms with E-state index in [9.17, 15) is 0 Å². The Kier molecular flexibility index (Phi) is 5.17. The first-order valence-electron chi connectivity index (χ1n) is 6.00. The maximum absolute atomic E-state index is 5.65. The molecule has 6 nitrogen and oxygen atoms in total. The molecular weight excluding hydrogens is 262 g/mol. The van der Waals surface area contributed by atoms with E-state index < -0.39 is 0 Å². The minimum atomic E-state index is 0.541. The summed E-state index contributed by atoms with van der Waals surface area (Å²) in [5, 5.41) is 8.93. The average Bonchev–Trinajstić information content (AvgIpc) is 2.84. The summed E-state index contributed by atoms with van der Waals surface area (Å²) >= 11 is 1.60. The fraction of sp³-hybridized carbons (Fsp3) is 0.417. The standard InChI is InChI=1S/C12H17N5OS/c1-18-7-3-6-17-9-14-16-12(17)19-8-10-4-2-5-11(13)15-10/h2,4-5,9H,3,6-8H2,1H3,(H2,13,15). The number of nitrogen functional groups attached to an aromatic ring is 1. The Morgan fingerprint density at radius 2 is 2.32 bits per heavy atom. The summed E-state index contributed by atoms with van der Waals surface area (Å²) in [7, 11) is 1.70. The number of thioether (sulfide) groups is 1. The van der Waals surface area contributed by atoms with Gasteiger partial charge in [-0.05, 0) is 18.6 Å². The summed E-state index contributed by atoms with van der Waals surface area (Å²) in [5.41, 5.74) is 6.59. The number of hydrogen-bond donors (Lipinski definition) is 1. The van der Waals surface area contributed by atoms with E-state index in [1.54, 1.807) is 31.3 Å². The van der Waals surface area contributed by atoms with Crippen LogP contribution in [0.1, 0.15) is 12.1 Å². The van der Waals surface area contributed by atoms with Crippen molar-refractivity contribution in [3.63, 3.8) is 0 Å². The van der Waals surface area contributed by atoms with Gasteiger partial charge >= 0.3 is 0 Å². The van der Waals surface area contributed by atoms with E-state index in [4.69, 9.17) is 10.5 Å². The molecule has 0 fully saturated rings. The van der Waals surface area contributed by atoms with Gasteiger partial charge in [-0.2, -0.15) is 0 Å². The van der Waals surface area contributed by atoms with Crippen LogP contribution >= 0.6 is 11.8 Å². The Morgan fingerprint density at radius 3 is 3.11 bits per heavy atom. The molecule has 0 unspecified atom stereocenters. The van der Waals surface area contributed by atoms with Crippen molar-refractivity contribution in [2.24, 2.45) is 0 Å². The third kappa shape index (κ3) is 4.22. The van der Waals surface area contributed by atoms with Crippen molar-refractivity contribution in [3.8, 4) is 0 Å². The van der Waals surface area contributed by atoms with Crippen LogP contribution in [-0.4, -0.2) is 33.5 Å². The van der Waals surface area contributed by atoms with E-state index in [1.165, 1.54) is 0 Å². The van der Waals surface area contributed by atoms with Crippen molar-refractivity contribution >= 4 is 17.6 Å². The molecule has 19 heavy (non-hydrogen) atoms. The normalized spacial score (nSPS) is 10.8. The highest BCUT2D eigenvalue weighted by Gasteiger charge is 2.06. The van der Waals surface area contributed by atoms with Gasteiger partial charge in [-0.25, -0.2) is 4.98 Å². The number of hydrogen-bond acceptors (Lipinski definition) is 6. The van der Waals surface area contributed by atoms with Crippen LogP contribution in [0.25, 0.3) is 0 Å². The zero-order valence-corrected chi connectivity index (χ0v) is 11.6. The van der Waals surface area contributed by atoms with Gasteiger partial charge in [0.25, 0.3) is 0 Å². The molecule has 0 spiro atoms. The zero-order valence-electron chi connectivity index (χ0n) is 10.8. The third-order valence-electron chi connectivity index (χ3n) is 2.50. The molecule has 0 saturated carbocycles. The third-order valence-corrected chi connectivity index (χ3v) is 3.52. The van der Waals surface area contributed by atoms with Gasteiger partial charge < -0.3 is 15.0 Å². The molecule has 0 saturated heterocycles. The lowest BCUT2D eigenvalue weighted by Gasteiger charge is -2.05. The molecule has 0 aromatic carbocycles. The zero-order chi connectivity index (χ0) is 13.5. The van der Waals surface area contributed by atoms with Crippen molar-refractivity contribution in [2.75, 3.05) is 19.5 Å². The quantitative estimate of drug-likeness (QED) is 0.612. The fourth-order valence-electron chi connectivity index (χ4n) is 1.61. The van der Waals surface area contributed by atoms with Crippen molar-refractivity contribution in [2.45, 2.75) is 23.9 Å². The lowest BCUT2D eigenvalue weighted by molar-refractivity contribution is 0.189. The number of pyridine rings is 1. The van der Waals surface area contributed by atoms with Crippen molar-refractivity contribution in [1.29, 1.82) is 0 Å². The lowest BCUT2D eigenvalue weighted by atomic mass is 10.4. The minimum Gasteiger partial charge on any atom is -0.385 e. The van der Waals surface area contributed by atoms with Crippen molar-refractivity contribution < 1.29 is 4.74 Å². The van der Waals surface area contributed by atoms with Crippen LogP contribution in [0.5, 0.6) is 0 Å². The topological polar surface area (TPSA) is 78.8 Å². The molecule has 0 aliphatic rings. The lowest BCUT2D eigenvalue weighted by Crippen LogP contribution is -2.02. The molecule has 0 aliphatic heterocycles. The van der Waals surface area contributed by atoms with Gasteiger partial charge in [-0.15, -0.1) is 10.2 Å². The Balaban J connectivity index is 1.90. The largest absolute Gasteiger partial charge is 0.385 e. The molecule has 7 heteroatoms. The Morgan fingerprint density at radius 1 is 1.42 bits per heavy atom. The SMILES string of the molecule is COCCCn1cnnc1SCc1cccc(N)n1. The van der Waals surface area contributed by atoms with Crippen LogP contribution in [0.3, 0.4) is 0 Å². The van der Waals surface area contributed by atoms with Gasteiger partial charge in [-0.3, -0.25) is 0 Å². The summed E-state index contributed by atoms with van der Waals surface area (Å²) in [6.07, 6.45) is 2.68. The number of methoxy groups -OCH3 is 1. The predicted octanol–water partition coefficient (Wildman–Crippen LogP) is 1.58. The number of nitrogens with zero attached hydrogens (tertiary/aromatic N) is 4. The molecule has 0 bridgehead atoms. The first-order valence-corrected chi connectivity index (χ1v) is 6.99. The molecule has 102 valence electrons. The van der Waals surface area contributed by atoms with Crippen LogP contribution < -0.4 is 5.73 Å². The van der Waals surface area contributed by atoms with E-state index in [0.717, 1.165) is 36.2 Å². The maximum Gasteiger partial charge on any atom is 0.191 e. The van der Waals surface area contributed by atoms with E-state index >= 15 is 0 Å². The minimum absolute atomic E-state index is 0.541. The monoisotopic (exact) mass is 279 g/mol. The molecule has 0 aliphatic carbocycles. The summed E-state index contributed by atoms with van der Waals surface area (Å²) in [5.74, 6) is 1.27. The summed E-state index contributed by atoms with van der Waals surface area (Å²) in [6.45, 7) is 1.59. The number of rotatable bonds is 7. The highest BCUT2D eigenvalue weighted by Crippen LogP contribution is 2.20. The number of ether oxygens (including phenoxy) is 1. The van der Waals surface area contributed by atoms with Gasteiger partial charge in [0.15, 0.2) is 5.16 Å². The fourth-order valence-corrected chi connectivity index (χ4v) is 2.45. The second kappa shape index (κ2) is 7.10.